The van der Waals surface area contributed by atoms with Crippen LogP contribution in [0.25, 0.3) is 0 Å². The molecule has 0 N–H and O–H groups in total. The second-order valence-corrected chi connectivity index (χ2v) is 4.90. The summed E-state index contributed by atoms with van der Waals surface area (Å²) in [5.41, 5.74) is 2.91. The highest BCUT2D eigenvalue weighted by atomic mass is 16.5. The first-order valence-electron chi connectivity index (χ1n) is 6.31. The molecule has 1 unspecified atom stereocenters. The van der Waals surface area contributed by atoms with E-state index in [2.05, 4.69) is 46.4 Å². The van der Waals surface area contributed by atoms with Crippen molar-refractivity contribution in [2.45, 2.75) is 32.4 Å². The van der Waals surface area contributed by atoms with E-state index in [1.807, 2.05) is 6.92 Å². The molecule has 0 aliphatic heterocycles. The average molecular weight is 243 g/mol. The third kappa shape index (κ3) is 2.04. The van der Waals surface area contributed by atoms with Gasteiger partial charge in [0, 0.05) is 6.04 Å². The normalized spacial score (nSPS) is 18.3. The van der Waals surface area contributed by atoms with Gasteiger partial charge in [-0.05, 0) is 37.9 Å². The summed E-state index contributed by atoms with van der Waals surface area (Å²) in [5.74, 6) is 1.39. The Hall–Kier alpha value is -1.68. The maximum absolute atomic E-state index is 5.18. The van der Waals surface area contributed by atoms with Gasteiger partial charge in [0.15, 0.2) is 5.82 Å². The van der Waals surface area contributed by atoms with Gasteiger partial charge in [-0.3, -0.25) is 4.90 Å². The van der Waals surface area contributed by atoms with E-state index < -0.39 is 0 Å². The molecule has 1 aliphatic carbocycles. The zero-order chi connectivity index (χ0) is 12.5. The predicted molar refractivity (Wildman–Crippen MR) is 68.0 cm³/mol. The molecular formula is C14H17N3O. The highest BCUT2D eigenvalue weighted by Crippen LogP contribution is 2.35. The van der Waals surface area contributed by atoms with Crippen LogP contribution in [-0.2, 0) is 13.0 Å². The molecule has 1 aliphatic rings. The minimum Gasteiger partial charge on any atom is -0.338 e. The summed E-state index contributed by atoms with van der Waals surface area (Å²) in [7, 11) is 2.12. The summed E-state index contributed by atoms with van der Waals surface area (Å²) in [4.78, 5) is 6.55. The van der Waals surface area contributed by atoms with Crippen molar-refractivity contribution in [1.82, 2.24) is 15.0 Å². The van der Waals surface area contributed by atoms with E-state index in [0.717, 1.165) is 6.42 Å². The summed E-state index contributed by atoms with van der Waals surface area (Å²) in [6.07, 6.45) is 2.33. The fraction of sp³-hybridized carbons (Fsp3) is 0.429. The van der Waals surface area contributed by atoms with Crippen molar-refractivity contribution in [2.75, 3.05) is 7.05 Å². The number of nitrogens with zero attached hydrogens (tertiary/aromatic N) is 3. The van der Waals surface area contributed by atoms with Crippen LogP contribution in [0.4, 0.5) is 0 Å². The Kier molecular flexibility index (Phi) is 2.88. The van der Waals surface area contributed by atoms with Crippen molar-refractivity contribution in [2.24, 2.45) is 0 Å². The van der Waals surface area contributed by atoms with Crippen molar-refractivity contribution in [3.05, 3.63) is 47.1 Å². The standard InChI is InChI=1S/C14H17N3O/c1-10-15-14(18-16-10)9-17(2)13-8-7-11-5-3-4-6-12(11)13/h3-6,13H,7-9H2,1-2H3. The fourth-order valence-corrected chi connectivity index (χ4v) is 2.72. The van der Waals surface area contributed by atoms with Gasteiger partial charge in [0.1, 0.15) is 0 Å². The number of hydrogen-bond donors (Lipinski definition) is 0. The zero-order valence-corrected chi connectivity index (χ0v) is 10.8. The number of hydrogen-bond acceptors (Lipinski definition) is 4. The van der Waals surface area contributed by atoms with Gasteiger partial charge in [-0.1, -0.05) is 29.4 Å². The first kappa shape index (κ1) is 11.4. The van der Waals surface area contributed by atoms with Crippen molar-refractivity contribution in [1.29, 1.82) is 0 Å². The van der Waals surface area contributed by atoms with Gasteiger partial charge in [0.2, 0.25) is 5.89 Å². The maximum atomic E-state index is 5.18. The molecule has 0 bridgehead atoms. The number of rotatable bonds is 3. The predicted octanol–water partition coefficient (Wildman–Crippen LogP) is 2.50. The Morgan fingerprint density at radius 1 is 1.39 bits per heavy atom. The molecule has 1 atom stereocenters. The van der Waals surface area contributed by atoms with Crippen LogP contribution in [0.5, 0.6) is 0 Å². The van der Waals surface area contributed by atoms with Crippen LogP contribution in [0.15, 0.2) is 28.8 Å². The van der Waals surface area contributed by atoms with Gasteiger partial charge >= 0.3 is 0 Å². The van der Waals surface area contributed by atoms with Gasteiger partial charge in [-0.15, -0.1) is 0 Å². The first-order chi connectivity index (χ1) is 8.74. The van der Waals surface area contributed by atoms with E-state index in [9.17, 15) is 0 Å². The number of fused-ring (bicyclic) bond motifs is 1. The molecule has 3 rings (SSSR count). The van der Waals surface area contributed by atoms with Gasteiger partial charge in [-0.2, -0.15) is 4.98 Å². The lowest BCUT2D eigenvalue weighted by Crippen LogP contribution is -2.22. The molecule has 0 saturated carbocycles. The summed E-state index contributed by atoms with van der Waals surface area (Å²) >= 11 is 0. The maximum Gasteiger partial charge on any atom is 0.240 e. The van der Waals surface area contributed by atoms with Crippen LogP contribution in [0, 0.1) is 6.92 Å². The first-order valence-corrected chi connectivity index (χ1v) is 6.31. The van der Waals surface area contributed by atoms with Gasteiger partial charge in [0.05, 0.1) is 6.54 Å². The van der Waals surface area contributed by atoms with Gasteiger partial charge in [0.25, 0.3) is 0 Å². The molecule has 1 aromatic heterocycles. The second-order valence-electron chi connectivity index (χ2n) is 4.90. The Morgan fingerprint density at radius 2 is 2.22 bits per heavy atom. The fourth-order valence-electron chi connectivity index (χ4n) is 2.72. The van der Waals surface area contributed by atoms with E-state index in [4.69, 9.17) is 4.52 Å². The molecule has 0 spiro atoms. The molecule has 18 heavy (non-hydrogen) atoms. The van der Waals surface area contributed by atoms with Crippen molar-refractivity contribution in [3.8, 4) is 0 Å². The van der Waals surface area contributed by atoms with E-state index in [0.29, 0.717) is 24.3 Å². The lowest BCUT2D eigenvalue weighted by Gasteiger charge is -2.23. The highest BCUT2D eigenvalue weighted by molar-refractivity contribution is 5.34. The van der Waals surface area contributed by atoms with Crippen molar-refractivity contribution < 1.29 is 4.52 Å². The third-order valence-corrected chi connectivity index (χ3v) is 3.59. The molecule has 4 nitrogen and oxygen atoms in total. The molecule has 94 valence electrons. The highest BCUT2D eigenvalue weighted by Gasteiger charge is 2.26. The quantitative estimate of drug-likeness (QED) is 0.830. The summed E-state index contributed by atoms with van der Waals surface area (Å²) < 4.78 is 5.18. The Balaban J connectivity index is 1.76. The van der Waals surface area contributed by atoms with E-state index >= 15 is 0 Å². The minimum atomic E-state index is 0.466. The molecule has 0 radical (unpaired) electrons. The summed E-state index contributed by atoms with van der Waals surface area (Å²) in [6.45, 7) is 2.55. The van der Waals surface area contributed by atoms with Crippen LogP contribution in [0.2, 0.25) is 0 Å². The van der Waals surface area contributed by atoms with Gasteiger partial charge in [-0.25, -0.2) is 0 Å². The SMILES string of the molecule is Cc1noc(CN(C)C2CCc3ccccc32)n1. The van der Waals surface area contributed by atoms with E-state index in [1.165, 1.54) is 17.5 Å². The number of aryl methyl sites for hydroxylation is 2. The monoisotopic (exact) mass is 243 g/mol. The average Bonchev–Trinajstić information content (AvgIpc) is 2.95. The largest absolute Gasteiger partial charge is 0.338 e. The van der Waals surface area contributed by atoms with Gasteiger partial charge < -0.3 is 4.52 Å². The molecule has 0 fully saturated rings. The minimum absolute atomic E-state index is 0.466. The van der Waals surface area contributed by atoms with Crippen LogP contribution < -0.4 is 0 Å². The van der Waals surface area contributed by atoms with E-state index in [-0.39, 0.29) is 0 Å². The van der Waals surface area contributed by atoms with Crippen molar-refractivity contribution in [3.63, 3.8) is 0 Å². The molecule has 0 saturated heterocycles. The molecule has 2 aromatic rings. The lowest BCUT2D eigenvalue weighted by atomic mass is 10.1. The zero-order valence-electron chi connectivity index (χ0n) is 10.8. The number of benzene rings is 1. The lowest BCUT2D eigenvalue weighted by molar-refractivity contribution is 0.204. The van der Waals surface area contributed by atoms with E-state index in [1.54, 1.807) is 0 Å². The summed E-state index contributed by atoms with van der Waals surface area (Å²) in [5, 5.41) is 3.83. The van der Waals surface area contributed by atoms with Crippen molar-refractivity contribution >= 4 is 0 Å². The molecule has 0 amide bonds. The second kappa shape index (κ2) is 4.53. The summed E-state index contributed by atoms with van der Waals surface area (Å²) in [6, 6.07) is 9.14. The number of aromatic nitrogens is 2. The Morgan fingerprint density at radius 3 is 3.00 bits per heavy atom. The molecule has 1 heterocycles. The smallest absolute Gasteiger partial charge is 0.240 e. The van der Waals surface area contributed by atoms with Crippen LogP contribution in [0.1, 0.15) is 35.3 Å². The molecule has 4 heteroatoms. The molecular weight excluding hydrogens is 226 g/mol. The Labute approximate surface area is 107 Å². The van der Waals surface area contributed by atoms with Crippen LogP contribution in [0.3, 0.4) is 0 Å². The topological polar surface area (TPSA) is 42.2 Å². The van der Waals surface area contributed by atoms with Crippen LogP contribution in [-0.4, -0.2) is 22.1 Å². The molecule has 1 aromatic carbocycles. The third-order valence-electron chi connectivity index (χ3n) is 3.59. The Bertz CT molecular complexity index is 549. The van der Waals surface area contributed by atoms with Crippen LogP contribution >= 0.6 is 0 Å².